The second kappa shape index (κ2) is 11.1. The molecule has 1 aliphatic heterocycles. The van der Waals surface area contributed by atoms with Crippen LogP contribution >= 0.6 is 0 Å². The molecule has 0 radical (unpaired) electrons. The smallest absolute Gasteiger partial charge is 0.257 e. The van der Waals surface area contributed by atoms with Gasteiger partial charge >= 0.3 is 0 Å². The number of carbonyl (C=O) groups excluding carboxylic acids is 1. The molecule has 0 saturated carbocycles. The molecule has 7 nitrogen and oxygen atoms in total. The number of nitrogens with zero attached hydrogens (tertiary/aromatic N) is 4. The largest absolute Gasteiger partial charge is 0.323 e. The van der Waals surface area contributed by atoms with Gasteiger partial charge in [0.1, 0.15) is 0 Å². The van der Waals surface area contributed by atoms with E-state index in [0.29, 0.717) is 17.2 Å². The average Bonchev–Trinajstić information content (AvgIpc) is 2.92. The number of likely N-dealkylation sites (tertiary alicyclic amines) is 1. The molecule has 1 amide bonds. The normalized spacial score (nSPS) is 14.4. The molecule has 2 N–H and O–H groups in total. The molecule has 1 saturated heterocycles. The molecular formula is C29H30N6O. The molecule has 36 heavy (non-hydrogen) atoms. The fourth-order valence-electron chi connectivity index (χ4n) is 4.33. The third kappa shape index (κ3) is 6.12. The molecular weight excluding hydrogens is 448 g/mol. The van der Waals surface area contributed by atoms with E-state index in [9.17, 15) is 4.79 Å². The maximum Gasteiger partial charge on any atom is 0.257 e. The van der Waals surface area contributed by atoms with Crippen molar-refractivity contribution in [2.75, 3.05) is 23.7 Å². The van der Waals surface area contributed by atoms with Gasteiger partial charge in [-0.25, -0.2) is 9.97 Å². The molecule has 0 aliphatic carbocycles. The molecule has 0 spiro atoms. The number of pyridine rings is 1. The number of hydrogen-bond donors (Lipinski definition) is 2. The molecule has 0 bridgehead atoms. The summed E-state index contributed by atoms with van der Waals surface area (Å²) in [5.41, 5.74) is 4.92. The highest BCUT2D eigenvalue weighted by atomic mass is 16.1. The van der Waals surface area contributed by atoms with Gasteiger partial charge in [0.15, 0.2) is 0 Å². The fourth-order valence-corrected chi connectivity index (χ4v) is 4.33. The average molecular weight is 479 g/mol. The van der Waals surface area contributed by atoms with Crippen LogP contribution in [0.5, 0.6) is 0 Å². The van der Waals surface area contributed by atoms with E-state index in [1.165, 1.54) is 18.4 Å². The Bertz CT molecular complexity index is 1300. The standard InChI is InChI=1S/C29H30N6O/c1-21-12-15-35(16-13-21)20-22-7-9-25(10-8-22)32-28(36)24-17-26(19-30-18-24)33-29-31-14-11-27(34-29)23-5-3-2-4-6-23/h2-11,14,17-19,21H,12-13,15-16,20H2,1H3,(H,32,36)(H,31,33,34). The van der Waals surface area contributed by atoms with E-state index in [1.807, 2.05) is 48.5 Å². The summed E-state index contributed by atoms with van der Waals surface area (Å²) in [7, 11) is 0. The highest BCUT2D eigenvalue weighted by Gasteiger charge is 2.16. The minimum atomic E-state index is -0.220. The Balaban J connectivity index is 1.21. The molecule has 7 heteroatoms. The van der Waals surface area contributed by atoms with Crippen LogP contribution in [0.15, 0.2) is 85.3 Å². The van der Waals surface area contributed by atoms with Gasteiger partial charge in [-0.3, -0.25) is 14.7 Å². The van der Waals surface area contributed by atoms with Crippen molar-refractivity contribution in [2.45, 2.75) is 26.3 Å². The van der Waals surface area contributed by atoms with Crippen LogP contribution in [0.2, 0.25) is 0 Å². The summed E-state index contributed by atoms with van der Waals surface area (Å²) in [5.74, 6) is 1.05. The number of piperidine rings is 1. The lowest BCUT2D eigenvalue weighted by Gasteiger charge is -2.30. The van der Waals surface area contributed by atoms with E-state index in [4.69, 9.17) is 0 Å². The maximum absolute atomic E-state index is 12.9. The Morgan fingerprint density at radius 2 is 1.75 bits per heavy atom. The predicted octanol–water partition coefficient (Wildman–Crippen LogP) is 5.77. The third-order valence-corrected chi connectivity index (χ3v) is 6.48. The number of benzene rings is 2. The van der Waals surface area contributed by atoms with Crippen LogP contribution in [0.1, 0.15) is 35.7 Å². The summed E-state index contributed by atoms with van der Waals surface area (Å²) in [6.07, 6.45) is 7.43. The van der Waals surface area contributed by atoms with Crippen LogP contribution < -0.4 is 10.6 Å². The number of amides is 1. The molecule has 2 aromatic carbocycles. The van der Waals surface area contributed by atoms with Gasteiger partial charge in [-0.05, 0) is 61.7 Å². The van der Waals surface area contributed by atoms with E-state index in [1.54, 1.807) is 24.7 Å². The van der Waals surface area contributed by atoms with Crippen LogP contribution in [0.4, 0.5) is 17.3 Å². The van der Waals surface area contributed by atoms with Gasteiger partial charge in [0, 0.05) is 30.2 Å². The summed E-state index contributed by atoms with van der Waals surface area (Å²) in [6.45, 7) is 5.58. The van der Waals surface area contributed by atoms with Crippen molar-refractivity contribution in [1.29, 1.82) is 0 Å². The molecule has 1 fully saturated rings. The quantitative estimate of drug-likeness (QED) is 0.351. The number of hydrogen-bond acceptors (Lipinski definition) is 6. The number of rotatable bonds is 7. The Labute approximate surface area is 211 Å². The van der Waals surface area contributed by atoms with E-state index >= 15 is 0 Å². The minimum Gasteiger partial charge on any atom is -0.323 e. The predicted molar refractivity (Wildman–Crippen MR) is 143 cm³/mol. The zero-order valence-corrected chi connectivity index (χ0v) is 20.4. The summed E-state index contributed by atoms with van der Waals surface area (Å²) in [4.78, 5) is 28.5. The second-order valence-corrected chi connectivity index (χ2v) is 9.33. The maximum atomic E-state index is 12.9. The highest BCUT2D eigenvalue weighted by molar-refractivity contribution is 6.04. The van der Waals surface area contributed by atoms with Crippen LogP contribution in [0.25, 0.3) is 11.3 Å². The summed E-state index contributed by atoms with van der Waals surface area (Å²) >= 11 is 0. The van der Waals surface area contributed by atoms with Crippen molar-refractivity contribution in [3.05, 3.63) is 96.4 Å². The highest BCUT2D eigenvalue weighted by Crippen LogP contribution is 2.21. The van der Waals surface area contributed by atoms with Crippen LogP contribution in [-0.4, -0.2) is 38.8 Å². The Morgan fingerprint density at radius 3 is 2.53 bits per heavy atom. The van der Waals surface area contributed by atoms with E-state index in [-0.39, 0.29) is 5.91 Å². The second-order valence-electron chi connectivity index (χ2n) is 9.33. The van der Waals surface area contributed by atoms with Gasteiger partial charge in [-0.2, -0.15) is 0 Å². The topological polar surface area (TPSA) is 83.0 Å². The van der Waals surface area contributed by atoms with Gasteiger partial charge in [0.2, 0.25) is 5.95 Å². The lowest BCUT2D eigenvalue weighted by molar-refractivity contribution is 0.102. The number of aromatic nitrogens is 3. The number of nitrogens with one attached hydrogen (secondary N) is 2. The Morgan fingerprint density at radius 1 is 0.972 bits per heavy atom. The number of anilines is 3. The van der Waals surface area contributed by atoms with Crippen LogP contribution in [0, 0.1) is 5.92 Å². The molecule has 0 atom stereocenters. The zero-order valence-electron chi connectivity index (χ0n) is 20.4. The minimum absolute atomic E-state index is 0.220. The molecule has 3 heterocycles. The van der Waals surface area contributed by atoms with Crippen LogP contribution in [0.3, 0.4) is 0 Å². The molecule has 182 valence electrons. The van der Waals surface area contributed by atoms with E-state index in [0.717, 1.165) is 42.5 Å². The van der Waals surface area contributed by atoms with Crippen molar-refractivity contribution in [3.63, 3.8) is 0 Å². The fraction of sp³-hybridized carbons (Fsp3) is 0.241. The van der Waals surface area contributed by atoms with Crippen molar-refractivity contribution in [1.82, 2.24) is 19.9 Å². The Hall–Kier alpha value is -4.10. The van der Waals surface area contributed by atoms with Gasteiger partial charge in [-0.15, -0.1) is 0 Å². The van der Waals surface area contributed by atoms with Crippen molar-refractivity contribution in [2.24, 2.45) is 5.92 Å². The summed E-state index contributed by atoms with van der Waals surface area (Å²) < 4.78 is 0. The molecule has 0 unspecified atom stereocenters. The monoisotopic (exact) mass is 478 g/mol. The SMILES string of the molecule is CC1CCN(Cc2ccc(NC(=O)c3cncc(Nc4nccc(-c5ccccc5)n4)c3)cc2)CC1. The van der Waals surface area contributed by atoms with Crippen molar-refractivity contribution in [3.8, 4) is 11.3 Å². The Kier molecular flexibility index (Phi) is 7.28. The van der Waals surface area contributed by atoms with E-state index in [2.05, 4.69) is 49.5 Å². The summed E-state index contributed by atoms with van der Waals surface area (Å²) in [6, 6.07) is 21.6. The van der Waals surface area contributed by atoms with Crippen molar-refractivity contribution < 1.29 is 4.79 Å². The number of carbonyl (C=O) groups is 1. The first-order valence-corrected chi connectivity index (χ1v) is 12.4. The summed E-state index contributed by atoms with van der Waals surface area (Å²) in [5, 5.41) is 6.12. The molecule has 5 rings (SSSR count). The van der Waals surface area contributed by atoms with E-state index < -0.39 is 0 Å². The lowest BCUT2D eigenvalue weighted by atomic mass is 9.99. The van der Waals surface area contributed by atoms with Crippen molar-refractivity contribution >= 4 is 23.2 Å². The third-order valence-electron chi connectivity index (χ3n) is 6.48. The first kappa shape index (κ1) is 23.6. The zero-order chi connectivity index (χ0) is 24.7. The van der Waals surface area contributed by atoms with Gasteiger partial charge in [0.25, 0.3) is 5.91 Å². The molecule has 4 aromatic rings. The first-order valence-electron chi connectivity index (χ1n) is 12.4. The lowest BCUT2D eigenvalue weighted by Crippen LogP contribution is -2.32. The van der Waals surface area contributed by atoms with Gasteiger partial charge in [-0.1, -0.05) is 49.4 Å². The first-order chi connectivity index (χ1) is 17.6. The van der Waals surface area contributed by atoms with Crippen LogP contribution in [-0.2, 0) is 6.54 Å². The molecule has 2 aromatic heterocycles. The van der Waals surface area contributed by atoms with Gasteiger partial charge in [0.05, 0.1) is 23.1 Å². The molecule has 1 aliphatic rings. The van der Waals surface area contributed by atoms with Gasteiger partial charge < -0.3 is 10.6 Å².